The highest BCUT2D eigenvalue weighted by atomic mass is 35.5. The summed E-state index contributed by atoms with van der Waals surface area (Å²) in [5.41, 5.74) is 2.01. The molecule has 0 amide bonds. The highest BCUT2D eigenvalue weighted by molar-refractivity contribution is 6.30. The van der Waals surface area contributed by atoms with Gasteiger partial charge >= 0.3 is 0 Å². The average molecular weight is 235 g/mol. The Labute approximate surface area is 98.7 Å². The van der Waals surface area contributed by atoms with Crippen molar-refractivity contribution in [1.82, 2.24) is 20.3 Å². The zero-order valence-corrected chi connectivity index (χ0v) is 9.35. The molecule has 2 rings (SSSR count). The fraction of sp³-hybridized carbons (Fsp3) is 0.182. The molecule has 0 atom stereocenters. The first-order valence-corrected chi connectivity index (χ1v) is 5.27. The number of aromatic nitrogens is 3. The van der Waals surface area contributed by atoms with E-state index in [-0.39, 0.29) is 0 Å². The zero-order valence-electron chi connectivity index (χ0n) is 8.60. The molecular weight excluding hydrogens is 224 g/mol. The van der Waals surface area contributed by atoms with Gasteiger partial charge in [0.1, 0.15) is 6.33 Å². The van der Waals surface area contributed by atoms with Gasteiger partial charge in [-0.1, -0.05) is 11.6 Å². The summed E-state index contributed by atoms with van der Waals surface area (Å²) in [6, 6.07) is 3.73. The predicted octanol–water partition coefficient (Wildman–Crippen LogP) is 1.81. The van der Waals surface area contributed by atoms with E-state index in [1.165, 1.54) is 6.33 Å². The largest absolute Gasteiger partial charge is 0.307 e. The summed E-state index contributed by atoms with van der Waals surface area (Å²) in [6.45, 7) is 1.43. The third-order valence-corrected chi connectivity index (χ3v) is 2.26. The van der Waals surface area contributed by atoms with E-state index in [4.69, 9.17) is 11.6 Å². The van der Waals surface area contributed by atoms with Crippen LogP contribution in [0.25, 0.3) is 0 Å². The van der Waals surface area contributed by atoms with Crippen LogP contribution in [0.4, 0.5) is 0 Å². The number of hydrogen-bond donors (Lipinski definition) is 1. The van der Waals surface area contributed by atoms with Crippen molar-refractivity contribution >= 4 is 11.6 Å². The lowest BCUT2D eigenvalue weighted by atomic mass is 10.3. The molecule has 0 aliphatic carbocycles. The number of nitrogens with one attached hydrogen (secondary N) is 1. The summed E-state index contributed by atoms with van der Waals surface area (Å²) in [4.78, 5) is 12.1. The van der Waals surface area contributed by atoms with Crippen LogP contribution >= 0.6 is 11.6 Å². The Morgan fingerprint density at radius 3 is 2.56 bits per heavy atom. The molecule has 2 aromatic heterocycles. The van der Waals surface area contributed by atoms with Crippen LogP contribution < -0.4 is 5.32 Å². The van der Waals surface area contributed by atoms with Crippen LogP contribution in [0.5, 0.6) is 0 Å². The Morgan fingerprint density at radius 1 is 1.06 bits per heavy atom. The highest BCUT2D eigenvalue weighted by Crippen LogP contribution is 2.05. The van der Waals surface area contributed by atoms with Crippen LogP contribution in [0.1, 0.15) is 11.3 Å². The minimum Gasteiger partial charge on any atom is -0.307 e. The maximum atomic E-state index is 5.74. The van der Waals surface area contributed by atoms with Crippen molar-refractivity contribution in [2.45, 2.75) is 13.1 Å². The highest BCUT2D eigenvalue weighted by Gasteiger charge is 1.95. The van der Waals surface area contributed by atoms with Gasteiger partial charge in [-0.2, -0.15) is 0 Å². The number of halogens is 1. The van der Waals surface area contributed by atoms with Gasteiger partial charge in [0.25, 0.3) is 0 Å². The van der Waals surface area contributed by atoms with Gasteiger partial charge < -0.3 is 5.32 Å². The van der Waals surface area contributed by atoms with Gasteiger partial charge in [-0.3, -0.25) is 4.98 Å². The van der Waals surface area contributed by atoms with Crippen molar-refractivity contribution in [3.05, 3.63) is 53.3 Å². The molecule has 16 heavy (non-hydrogen) atoms. The van der Waals surface area contributed by atoms with Crippen LogP contribution in [0.3, 0.4) is 0 Å². The van der Waals surface area contributed by atoms with Crippen LogP contribution in [-0.4, -0.2) is 15.0 Å². The van der Waals surface area contributed by atoms with E-state index in [9.17, 15) is 0 Å². The maximum Gasteiger partial charge on any atom is 0.115 e. The Hall–Kier alpha value is -1.52. The lowest BCUT2D eigenvalue weighted by molar-refractivity contribution is 0.675. The van der Waals surface area contributed by atoms with Gasteiger partial charge in [0.15, 0.2) is 0 Å². The van der Waals surface area contributed by atoms with Crippen LogP contribution in [0.2, 0.25) is 5.02 Å². The van der Waals surface area contributed by atoms with Crippen molar-refractivity contribution in [3.8, 4) is 0 Å². The molecule has 0 fully saturated rings. The lowest BCUT2D eigenvalue weighted by Gasteiger charge is -2.03. The first-order valence-electron chi connectivity index (χ1n) is 4.89. The van der Waals surface area contributed by atoms with E-state index in [0.29, 0.717) is 11.6 Å². The molecule has 0 spiro atoms. The molecule has 0 aromatic carbocycles. The summed E-state index contributed by atoms with van der Waals surface area (Å²) in [7, 11) is 0. The van der Waals surface area contributed by atoms with Crippen molar-refractivity contribution < 1.29 is 0 Å². The topological polar surface area (TPSA) is 50.7 Å². The van der Waals surface area contributed by atoms with E-state index in [0.717, 1.165) is 17.8 Å². The van der Waals surface area contributed by atoms with Crippen molar-refractivity contribution in [2.75, 3.05) is 0 Å². The molecule has 5 heteroatoms. The smallest absolute Gasteiger partial charge is 0.115 e. The summed E-state index contributed by atoms with van der Waals surface area (Å²) >= 11 is 5.74. The van der Waals surface area contributed by atoms with Gasteiger partial charge in [0.2, 0.25) is 0 Å². The molecule has 2 heterocycles. The molecule has 82 valence electrons. The van der Waals surface area contributed by atoms with Gasteiger partial charge in [-0.25, -0.2) is 9.97 Å². The third-order valence-electron chi connectivity index (χ3n) is 2.04. The number of hydrogen-bond acceptors (Lipinski definition) is 4. The second-order valence-electron chi connectivity index (χ2n) is 3.32. The Balaban J connectivity index is 1.82. The Morgan fingerprint density at radius 2 is 1.88 bits per heavy atom. The summed E-state index contributed by atoms with van der Waals surface area (Å²) in [5, 5.41) is 3.90. The van der Waals surface area contributed by atoms with Crippen LogP contribution in [0.15, 0.2) is 37.1 Å². The normalized spacial score (nSPS) is 10.3. The van der Waals surface area contributed by atoms with Gasteiger partial charge in [0, 0.05) is 37.2 Å². The monoisotopic (exact) mass is 234 g/mol. The van der Waals surface area contributed by atoms with E-state index in [2.05, 4.69) is 20.3 Å². The zero-order chi connectivity index (χ0) is 11.2. The van der Waals surface area contributed by atoms with E-state index < -0.39 is 0 Å². The molecule has 0 radical (unpaired) electrons. The number of nitrogens with zero attached hydrogens (tertiary/aromatic N) is 3. The third kappa shape index (κ3) is 3.25. The minimum absolute atomic E-state index is 0.653. The Bertz CT molecular complexity index is 429. The van der Waals surface area contributed by atoms with Gasteiger partial charge in [0.05, 0.1) is 10.7 Å². The number of pyridine rings is 1. The molecule has 0 aliphatic heterocycles. The second kappa shape index (κ2) is 5.53. The molecule has 4 nitrogen and oxygen atoms in total. The maximum absolute atomic E-state index is 5.74. The second-order valence-corrected chi connectivity index (χ2v) is 3.75. The molecule has 0 unspecified atom stereocenters. The first kappa shape index (κ1) is 11.0. The molecule has 0 bridgehead atoms. The molecule has 2 aromatic rings. The van der Waals surface area contributed by atoms with Crippen LogP contribution in [-0.2, 0) is 13.1 Å². The minimum atomic E-state index is 0.653. The molecule has 0 saturated heterocycles. The summed E-state index contributed by atoms with van der Waals surface area (Å²) in [5.74, 6) is 0. The van der Waals surface area contributed by atoms with Crippen molar-refractivity contribution in [1.29, 1.82) is 0 Å². The molecule has 1 N–H and O–H groups in total. The fourth-order valence-corrected chi connectivity index (χ4v) is 1.38. The predicted molar refractivity (Wildman–Crippen MR) is 61.8 cm³/mol. The lowest BCUT2D eigenvalue weighted by Crippen LogP contribution is -2.13. The number of rotatable bonds is 4. The van der Waals surface area contributed by atoms with Crippen molar-refractivity contribution in [2.24, 2.45) is 0 Å². The van der Waals surface area contributed by atoms with E-state index in [1.54, 1.807) is 18.6 Å². The van der Waals surface area contributed by atoms with Gasteiger partial charge in [-0.15, -0.1) is 0 Å². The molecule has 0 aliphatic rings. The SMILES string of the molecule is Clc1ccc(CNCc2cncnc2)nc1. The fourth-order valence-electron chi connectivity index (χ4n) is 1.27. The summed E-state index contributed by atoms with van der Waals surface area (Å²) in [6.07, 6.45) is 6.74. The molecule has 0 saturated carbocycles. The van der Waals surface area contributed by atoms with Crippen molar-refractivity contribution in [3.63, 3.8) is 0 Å². The van der Waals surface area contributed by atoms with Gasteiger partial charge in [-0.05, 0) is 12.1 Å². The summed E-state index contributed by atoms with van der Waals surface area (Å²) < 4.78 is 0. The quantitative estimate of drug-likeness (QED) is 0.877. The standard InChI is InChI=1S/C11H11ClN4/c12-10-1-2-11(16-6-10)7-13-3-9-4-14-8-15-5-9/h1-2,4-6,8,13H,3,7H2. The first-order chi connectivity index (χ1) is 7.84. The Kier molecular flexibility index (Phi) is 3.80. The van der Waals surface area contributed by atoms with E-state index in [1.807, 2.05) is 12.1 Å². The molecular formula is C11H11ClN4. The average Bonchev–Trinajstić information content (AvgIpc) is 2.33. The van der Waals surface area contributed by atoms with E-state index >= 15 is 0 Å². The van der Waals surface area contributed by atoms with Crippen LogP contribution in [0, 0.1) is 0 Å².